The van der Waals surface area contributed by atoms with Gasteiger partial charge < -0.3 is 5.32 Å². The molecule has 0 saturated carbocycles. The van der Waals surface area contributed by atoms with Gasteiger partial charge >= 0.3 is 0 Å². The number of carbonyl (C=O) groups is 1. The maximum Gasteiger partial charge on any atom is 0.275 e. The average Bonchev–Trinajstić information content (AvgIpc) is 3.20. The highest BCUT2D eigenvalue weighted by molar-refractivity contribution is 7.94. The Morgan fingerprint density at radius 3 is 2.54 bits per heavy atom. The Morgan fingerprint density at radius 2 is 1.88 bits per heavy atom. The Bertz CT molecular complexity index is 951. The van der Waals surface area contributed by atoms with E-state index < -0.39 is 21.7 Å². The largest absolute Gasteiger partial charge is 0.321 e. The maximum absolute atomic E-state index is 12.8. The quantitative estimate of drug-likeness (QED) is 0.707. The van der Waals surface area contributed by atoms with Gasteiger partial charge in [0.1, 0.15) is 15.7 Å². The molecule has 0 fully saturated rings. The Balaban J connectivity index is 1.71. The summed E-state index contributed by atoms with van der Waals surface area (Å²) in [7, 11) is -3.70. The third-order valence-corrected chi connectivity index (χ3v) is 6.44. The number of benzene rings is 1. The lowest BCUT2D eigenvalue weighted by Gasteiger charge is -2.03. The SMILES string of the molecule is O=C(Nc1ccc(F)cc1)c1csc(NS(=O)(=O)c2cccs2)n1. The molecule has 1 amide bonds. The molecule has 2 heterocycles. The van der Waals surface area contributed by atoms with Crippen molar-refractivity contribution >= 4 is 49.4 Å². The van der Waals surface area contributed by atoms with Gasteiger partial charge in [-0.3, -0.25) is 9.52 Å². The molecule has 0 aliphatic rings. The summed E-state index contributed by atoms with van der Waals surface area (Å²) in [5.74, 6) is -0.925. The molecule has 0 bridgehead atoms. The Hall–Kier alpha value is -2.30. The molecule has 6 nitrogen and oxygen atoms in total. The van der Waals surface area contributed by atoms with Crippen molar-refractivity contribution < 1.29 is 17.6 Å². The molecule has 10 heteroatoms. The van der Waals surface area contributed by atoms with Crippen molar-refractivity contribution in [2.24, 2.45) is 0 Å². The lowest BCUT2D eigenvalue weighted by Crippen LogP contribution is -2.14. The number of carbonyl (C=O) groups excluding carboxylic acids is 1. The van der Waals surface area contributed by atoms with Crippen LogP contribution >= 0.6 is 22.7 Å². The predicted octanol–water partition coefficient (Wildman–Crippen LogP) is 3.40. The monoisotopic (exact) mass is 383 g/mol. The number of sulfonamides is 1. The number of rotatable bonds is 5. The molecule has 0 radical (unpaired) electrons. The van der Waals surface area contributed by atoms with Gasteiger partial charge in [0.15, 0.2) is 5.13 Å². The van der Waals surface area contributed by atoms with Crippen LogP contribution in [-0.2, 0) is 10.0 Å². The van der Waals surface area contributed by atoms with Gasteiger partial charge in [-0.05, 0) is 35.7 Å². The van der Waals surface area contributed by atoms with Crippen LogP contribution in [0.3, 0.4) is 0 Å². The molecule has 2 aromatic heterocycles. The molecular formula is C14H10FN3O3S3. The molecule has 0 unspecified atom stereocenters. The highest BCUT2D eigenvalue weighted by Gasteiger charge is 2.18. The molecule has 0 aliphatic heterocycles. The highest BCUT2D eigenvalue weighted by Crippen LogP contribution is 2.23. The number of halogens is 1. The molecule has 0 spiro atoms. The van der Waals surface area contributed by atoms with Crippen LogP contribution in [-0.4, -0.2) is 19.3 Å². The van der Waals surface area contributed by atoms with Crippen LogP contribution in [0.15, 0.2) is 51.4 Å². The minimum absolute atomic E-state index is 0.0632. The van der Waals surface area contributed by atoms with Crippen molar-refractivity contribution in [2.45, 2.75) is 4.21 Å². The maximum atomic E-state index is 12.8. The molecule has 2 N–H and O–H groups in total. The topological polar surface area (TPSA) is 88.2 Å². The summed E-state index contributed by atoms with van der Waals surface area (Å²) in [4.78, 5) is 16.0. The van der Waals surface area contributed by atoms with Crippen LogP contribution in [0, 0.1) is 5.82 Å². The van der Waals surface area contributed by atoms with E-state index in [1.54, 1.807) is 11.4 Å². The van der Waals surface area contributed by atoms with E-state index in [1.165, 1.54) is 35.7 Å². The number of thiophene rings is 1. The zero-order chi connectivity index (χ0) is 17.2. The number of hydrogen-bond donors (Lipinski definition) is 2. The van der Waals surface area contributed by atoms with E-state index in [-0.39, 0.29) is 15.0 Å². The van der Waals surface area contributed by atoms with Gasteiger partial charge in [-0.1, -0.05) is 6.07 Å². The van der Waals surface area contributed by atoms with E-state index in [2.05, 4.69) is 15.0 Å². The highest BCUT2D eigenvalue weighted by atomic mass is 32.2. The fourth-order valence-corrected chi connectivity index (χ4v) is 4.67. The average molecular weight is 383 g/mol. The summed E-state index contributed by atoms with van der Waals surface area (Å²) in [5, 5.41) is 5.73. The van der Waals surface area contributed by atoms with Gasteiger partial charge in [-0.25, -0.2) is 17.8 Å². The summed E-state index contributed by atoms with van der Waals surface area (Å²) in [6.07, 6.45) is 0. The van der Waals surface area contributed by atoms with Crippen LogP contribution in [0.1, 0.15) is 10.5 Å². The second kappa shape index (κ2) is 6.67. The first-order valence-electron chi connectivity index (χ1n) is 6.53. The first-order valence-corrected chi connectivity index (χ1v) is 9.77. The van der Waals surface area contributed by atoms with Crippen molar-refractivity contribution in [2.75, 3.05) is 10.0 Å². The van der Waals surface area contributed by atoms with Crippen LogP contribution < -0.4 is 10.0 Å². The zero-order valence-corrected chi connectivity index (χ0v) is 14.3. The molecule has 1 aromatic carbocycles. The number of anilines is 2. The third-order valence-electron chi connectivity index (χ3n) is 2.82. The van der Waals surface area contributed by atoms with E-state index in [9.17, 15) is 17.6 Å². The van der Waals surface area contributed by atoms with Gasteiger partial charge in [-0.15, -0.1) is 22.7 Å². The number of nitrogens with zero attached hydrogens (tertiary/aromatic N) is 1. The Kier molecular flexibility index (Phi) is 4.60. The molecule has 0 saturated heterocycles. The normalized spacial score (nSPS) is 11.2. The molecule has 24 heavy (non-hydrogen) atoms. The van der Waals surface area contributed by atoms with E-state index >= 15 is 0 Å². The summed E-state index contributed by atoms with van der Waals surface area (Å²) in [5.41, 5.74) is 0.475. The smallest absolute Gasteiger partial charge is 0.275 e. The molecular weight excluding hydrogens is 373 g/mol. The van der Waals surface area contributed by atoms with Crippen molar-refractivity contribution in [3.05, 3.63) is 58.7 Å². The van der Waals surface area contributed by atoms with Gasteiger partial charge in [-0.2, -0.15) is 0 Å². The Morgan fingerprint density at radius 1 is 1.12 bits per heavy atom. The van der Waals surface area contributed by atoms with Crippen molar-refractivity contribution in [3.8, 4) is 0 Å². The van der Waals surface area contributed by atoms with Gasteiger partial charge in [0, 0.05) is 11.1 Å². The van der Waals surface area contributed by atoms with E-state index in [1.807, 2.05) is 0 Å². The summed E-state index contributed by atoms with van der Waals surface area (Å²) in [6.45, 7) is 0. The van der Waals surface area contributed by atoms with Crippen LogP contribution in [0.2, 0.25) is 0 Å². The fourth-order valence-electron chi connectivity index (χ4n) is 1.73. The van der Waals surface area contributed by atoms with Gasteiger partial charge in [0.2, 0.25) is 0 Å². The number of amides is 1. The minimum atomic E-state index is -3.70. The van der Waals surface area contributed by atoms with E-state index in [4.69, 9.17) is 0 Å². The number of aromatic nitrogens is 1. The number of thiazole rings is 1. The molecule has 124 valence electrons. The minimum Gasteiger partial charge on any atom is -0.321 e. The van der Waals surface area contributed by atoms with Crippen LogP contribution in [0.4, 0.5) is 15.2 Å². The lowest BCUT2D eigenvalue weighted by atomic mass is 10.3. The van der Waals surface area contributed by atoms with Crippen molar-refractivity contribution in [3.63, 3.8) is 0 Å². The van der Waals surface area contributed by atoms with Crippen molar-refractivity contribution in [1.29, 1.82) is 0 Å². The zero-order valence-electron chi connectivity index (χ0n) is 11.9. The predicted molar refractivity (Wildman–Crippen MR) is 91.6 cm³/mol. The number of hydrogen-bond acceptors (Lipinski definition) is 6. The molecule has 0 atom stereocenters. The summed E-state index contributed by atoms with van der Waals surface area (Å²) >= 11 is 2.08. The summed E-state index contributed by atoms with van der Waals surface area (Å²) < 4.78 is 39.5. The lowest BCUT2D eigenvalue weighted by molar-refractivity contribution is 0.102. The summed E-state index contributed by atoms with van der Waals surface area (Å²) in [6, 6.07) is 8.37. The Labute approximate surface area is 145 Å². The standard InChI is InChI=1S/C14H10FN3O3S3/c15-9-3-5-10(6-4-9)16-13(19)11-8-23-14(17-11)18-24(20,21)12-2-1-7-22-12/h1-8H,(H,16,19)(H,17,18). The van der Waals surface area contributed by atoms with Crippen molar-refractivity contribution in [1.82, 2.24) is 4.98 Å². The first kappa shape index (κ1) is 16.6. The molecule has 3 rings (SSSR count). The van der Waals surface area contributed by atoms with Gasteiger partial charge in [0.25, 0.3) is 15.9 Å². The van der Waals surface area contributed by atoms with E-state index in [0.29, 0.717) is 5.69 Å². The molecule has 0 aliphatic carbocycles. The second-order valence-electron chi connectivity index (χ2n) is 4.54. The van der Waals surface area contributed by atoms with E-state index in [0.717, 1.165) is 22.7 Å². The van der Waals surface area contributed by atoms with Gasteiger partial charge in [0.05, 0.1) is 0 Å². The number of nitrogens with one attached hydrogen (secondary N) is 2. The second-order valence-corrected chi connectivity index (χ2v) is 8.25. The fraction of sp³-hybridized carbons (Fsp3) is 0. The van der Waals surface area contributed by atoms with Crippen LogP contribution in [0.25, 0.3) is 0 Å². The third kappa shape index (κ3) is 3.78. The first-order chi connectivity index (χ1) is 11.4. The molecule has 3 aromatic rings. The van der Waals surface area contributed by atoms with Crippen LogP contribution in [0.5, 0.6) is 0 Å².